The number of hydrogen-bond acceptors (Lipinski definition) is 0. The topological polar surface area (TPSA) is 0 Å². The van der Waals surface area contributed by atoms with E-state index in [0.717, 1.165) is 5.57 Å². The molecule has 0 N–H and O–H groups in total. The summed E-state index contributed by atoms with van der Waals surface area (Å²) in [5, 5.41) is 0. The molecule has 0 radical (unpaired) electrons. The Hall–Kier alpha value is -0.490. The van der Waals surface area contributed by atoms with Crippen molar-refractivity contribution in [1.82, 2.24) is 0 Å². The highest BCUT2D eigenvalue weighted by Crippen LogP contribution is 1.95. The molecule has 0 bridgehead atoms. The minimum atomic E-state index is 1.03. The van der Waals surface area contributed by atoms with E-state index in [2.05, 4.69) is 6.58 Å². The number of hydrogen-bond donors (Lipinski definition) is 0. The first-order chi connectivity index (χ1) is 3.81. The summed E-state index contributed by atoms with van der Waals surface area (Å²) >= 11 is 5.34. The van der Waals surface area contributed by atoms with Gasteiger partial charge < -0.3 is 0 Å². The summed E-state index contributed by atoms with van der Waals surface area (Å²) in [7, 11) is 0. The van der Waals surface area contributed by atoms with Crippen molar-refractivity contribution in [3.8, 4) is 0 Å². The molecule has 0 saturated carbocycles. The predicted molar refractivity (Wildman–Crippen MR) is 38.9 cm³/mol. The minimum absolute atomic E-state index is 1.03. The zero-order valence-electron chi connectivity index (χ0n) is 4.89. The lowest BCUT2D eigenvalue weighted by Crippen LogP contribution is -1.59. The second kappa shape index (κ2) is 4.66. The molecule has 0 amide bonds. The molecular weight excluding hydrogens is 120 g/mol. The van der Waals surface area contributed by atoms with Crippen LogP contribution in [-0.2, 0) is 0 Å². The number of halogens is 1. The molecule has 1 heteroatoms. The Morgan fingerprint density at radius 2 is 2.25 bits per heavy atom. The molecule has 0 aliphatic heterocycles. The van der Waals surface area contributed by atoms with E-state index < -0.39 is 0 Å². The summed E-state index contributed by atoms with van der Waals surface area (Å²) in [4.78, 5) is 0. The van der Waals surface area contributed by atoms with Crippen molar-refractivity contribution in [2.75, 3.05) is 0 Å². The van der Waals surface area contributed by atoms with Crippen LogP contribution in [0.1, 0.15) is 6.92 Å². The zero-order valence-corrected chi connectivity index (χ0v) is 5.65. The molecule has 0 saturated heterocycles. The van der Waals surface area contributed by atoms with Gasteiger partial charge in [0.1, 0.15) is 0 Å². The van der Waals surface area contributed by atoms with E-state index in [-0.39, 0.29) is 0 Å². The normalized spacial score (nSPS) is 12.5. The molecule has 0 aromatic carbocycles. The Balaban J connectivity index is 3.69. The van der Waals surface area contributed by atoms with E-state index in [0.29, 0.717) is 0 Å². The van der Waals surface area contributed by atoms with Gasteiger partial charge in [-0.25, -0.2) is 0 Å². The number of rotatable bonds is 2. The van der Waals surface area contributed by atoms with Crippen LogP contribution in [0.25, 0.3) is 0 Å². The third kappa shape index (κ3) is 3.69. The van der Waals surface area contributed by atoms with Crippen LogP contribution in [-0.4, -0.2) is 0 Å². The predicted octanol–water partition coefficient (Wildman–Crippen LogP) is 2.87. The van der Waals surface area contributed by atoms with Gasteiger partial charge in [0.15, 0.2) is 0 Å². The Kier molecular flexibility index (Phi) is 4.38. The minimum Gasteiger partial charge on any atom is -0.0991 e. The molecule has 0 aromatic rings. The van der Waals surface area contributed by atoms with Gasteiger partial charge in [0.05, 0.1) is 0 Å². The van der Waals surface area contributed by atoms with Crippen LogP contribution in [0.5, 0.6) is 0 Å². The molecule has 0 aromatic heterocycles. The zero-order chi connectivity index (χ0) is 6.41. The van der Waals surface area contributed by atoms with Crippen molar-refractivity contribution in [3.05, 3.63) is 35.9 Å². The van der Waals surface area contributed by atoms with Gasteiger partial charge in [0.2, 0.25) is 0 Å². The molecule has 0 fully saturated rings. The van der Waals surface area contributed by atoms with Crippen molar-refractivity contribution >= 4 is 11.6 Å². The average molecular weight is 129 g/mol. The molecule has 0 aliphatic carbocycles. The standard InChI is InChI=1S/C7H9Cl/c1-3-4-5-7(2)6-8/h3-6H,1H2,2H3/b5-4-,7-6-. The molecule has 44 valence electrons. The summed E-state index contributed by atoms with van der Waals surface area (Å²) in [6, 6.07) is 0. The fourth-order valence-electron chi connectivity index (χ4n) is 0.256. The van der Waals surface area contributed by atoms with Gasteiger partial charge >= 0.3 is 0 Å². The summed E-state index contributed by atoms with van der Waals surface area (Å²) in [6.45, 7) is 5.43. The summed E-state index contributed by atoms with van der Waals surface area (Å²) < 4.78 is 0. The van der Waals surface area contributed by atoms with Crippen LogP contribution >= 0.6 is 11.6 Å². The Morgan fingerprint density at radius 3 is 2.62 bits per heavy atom. The van der Waals surface area contributed by atoms with Crippen molar-refractivity contribution in [1.29, 1.82) is 0 Å². The van der Waals surface area contributed by atoms with E-state index in [1.165, 1.54) is 5.54 Å². The molecule has 8 heavy (non-hydrogen) atoms. The van der Waals surface area contributed by atoms with E-state index in [1.54, 1.807) is 6.08 Å². The average Bonchev–Trinajstić information content (AvgIpc) is 1.83. The largest absolute Gasteiger partial charge is 0.0991 e. The smallest absolute Gasteiger partial charge is 0.00717 e. The Labute approximate surface area is 55.2 Å². The highest BCUT2D eigenvalue weighted by molar-refractivity contribution is 6.25. The second-order valence-corrected chi connectivity index (χ2v) is 1.67. The van der Waals surface area contributed by atoms with E-state index in [4.69, 9.17) is 11.6 Å². The molecule has 0 nitrogen and oxygen atoms in total. The molecule has 0 spiro atoms. The van der Waals surface area contributed by atoms with E-state index >= 15 is 0 Å². The third-order valence-corrected chi connectivity index (χ3v) is 1.01. The van der Waals surface area contributed by atoms with E-state index in [9.17, 15) is 0 Å². The van der Waals surface area contributed by atoms with E-state index in [1.807, 2.05) is 19.1 Å². The summed E-state index contributed by atoms with van der Waals surface area (Å²) in [5.74, 6) is 0. The first-order valence-electron chi connectivity index (χ1n) is 2.37. The first-order valence-corrected chi connectivity index (χ1v) is 2.81. The van der Waals surface area contributed by atoms with Crippen molar-refractivity contribution in [2.24, 2.45) is 0 Å². The van der Waals surface area contributed by atoms with Crippen molar-refractivity contribution < 1.29 is 0 Å². The SMILES string of the molecule is C=C/C=C\C(C)=C/Cl. The lowest BCUT2D eigenvalue weighted by Gasteiger charge is -1.80. The molecule has 0 heterocycles. The van der Waals surface area contributed by atoms with Gasteiger partial charge in [-0.1, -0.05) is 36.4 Å². The van der Waals surface area contributed by atoms with Gasteiger partial charge in [-0.05, 0) is 12.5 Å². The van der Waals surface area contributed by atoms with Crippen LogP contribution in [0, 0.1) is 0 Å². The quantitative estimate of drug-likeness (QED) is 0.502. The highest BCUT2D eigenvalue weighted by atomic mass is 35.5. The van der Waals surface area contributed by atoms with Gasteiger partial charge in [0, 0.05) is 5.54 Å². The molecule has 0 rings (SSSR count). The van der Waals surface area contributed by atoms with Crippen LogP contribution in [0.2, 0.25) is 0 Å². The molecule has 0 unspecified atom stereocenters. The maximum Gasteiger partial charge on any atom is 0.00717 e. The Morgan fingerprint density at radius 1 is 1.62 bits per heavy atom. The molecule has 0 atom stereocenters. The van der Waals surface area contributed by atoms with Crippen LogP contribution in [0.3, 0.4) is 0 Å². The van der Waals surface area contributed by atoms with Gasteiger partial charge in [-0.15, -0.1) is 0 Å². The first kappa shape index (κ1) is 7.51. The maximum absolute atomic E-state index is 5.34. The second-order valence-electron chi connectivity index (χ2n) is 1.45. The lowest BCUT2D eigenvalue weighted by molar-refractivity contribution is 1.55. The van der Waals surface area contributed by atoms with Crippen LogP contribution in [0.4, 0.5) is 0 Å². The van der Waals surface area contributed by atoms with Crippen LogP contribution < -0.4 is 0 Å². The van der Waals surface area contributed by atoms with Crippen molar-refractivity contribution in [2.45, 2.75) is 6.92 Å². The lowest BCUT2D eigenvalue weighted by atomic mass is 10.3. The van der Waals surface area contributed by atoms with Gasteiger partial charge in [-0.3, -0.25) is 0 Å². The summed E-state index contributed by atoms with van der Waals surface area (Å²) in [6.07, 6.45) is 5.44. The van der Waals surface area contributed by atoms with Crippen LogP contribution in [0.15, 0.2) is 35.9 Å². The maximum atomic E-state index is 5.34. The number of allylic oxidation sites excluding steroid dienone is 4. The molecule has 0 aliphatic rings. The fourth-order valence-corrected chi connectivity index (χ4v) is 0.329. The van der Waals surface area contributed by atoms with Gasteiger partial charge in [0.25, 0.3) is 0 Å². The Bertz CT molecular complexity index is 120. The highest BCUT2D eigenvalue weighted by Gasteiger charge is 1.72. The summed E-state index contributed by atoms with van der Waals surface area (Å²) in [5.41, 5.74) is 2.56. The monoisotopic (exact) mass is 128 g/mol. The fraction of sp³-hybridized carbons (Fsp3) is 0.143. The third-order valence-electron chi connectivity index (χ3n) is 0.667. The van der Waals surface area contributed by atoms with Gasteiger partial charge in [-0.2, -0.15) is 0 Å². The molecular formula is C7H9Cl. The van der Waals surface area contributed by atoms with Crippen molar-refractivity contribution in [3.63, 3.8) is 0 Å².